The summed E-state index contributed by atoms with van der Waals surface area (Å²) in [6.45, 7) is 0. The molecule has 34 heavy (non-hydrogen) atoms. The first-order valence-corrected chi connectivity index (χ1v) is 11.9. The summed E-state index contributed by atoms with van der Waals surface area (Å²) in [5, 5.41) is 0. The molecule has 0 unspecified atom stereocenters. The van der Waals surface area contributed by atoms with Crippen LogP contribution in [0, 0.1) is 0 Å². The van der Waals surface area contributed by atoms with Crippen molar-refractivity contribution in [1.29, 1.82) is 0 Å². The molecule has 0 N–H and O–H groups in total. The zero-order chi connectivity index (χ0) is 23.0. The lowest BCUT2D eigenvalue weighted by Crippen LogP contribution is -2.12. The summed E-state index contributed by atoms with van der Waals surface area (Å²) >= 11 is 0. The summed E-state index contributed by atoms with van der Waals surface area (Å²) in [6.07, 6.45) is 3.16. The van der Waals surface area contributed by atoms with Gasteiger partial charge in [0.1, 0.15) is 5.82 Å². The SMILES string of the molecule is c1ccc(Cc2nc(Cc3ccccc3)c(Cc3ccccc3)c(Cc3ccccc3)n2)cc1. The molecule has 0 aliphatic heterocycles. The quantitative estimate of drug-likeness (QED) is 0.264. The molecule has 0 aliphatic carbocycles. The predicted molar refractivity (Wildman–Crippen MR) is 139 cm³/mol. The van der Waals surface area contributed by atoms with Gasteiger partial charge in [-0.1, -0.05) is 121 Å². The Hall–Kier alpha value is -4.04. The summed E-state index contributed by atoms with van der Waals surface area (Å²) < 4.78 is 0. The molecule has 0 radical (unpaired) electrons. The van der Waals surface area contributed by atoms with Crippen LogP contribution in [0.15, 0.2) is 121 Å². The maximum atomic E-state index is 5.15. The summed E-state index contributed by atoms with van der Waals surface area (Å²) in [7, 11) is 0. The van der Waals surface area contributed by atoms with Crippen LogP contribution in [0.2, 0.25) is 0 Å². The van der Waals surface area contributed by atoms with Crippen molar-refractivity contribution in [2.75, 3.05) is 0 Å². The summed E-state index contributed by atoms with van der Waals surface area (Å²) in [4.78, 5) is 10.3. The minimum Gasteiger partial charge on any atom is -0.237 e. The monoisotopic (exact) mass is 440 g/mol. The lowest BCUT2D eigenvalue weighted by molar-refractivity contribution is 0.842. The molecule has 1 aromatic heterocycles. The molecule has 0 atom stereocenters. The Balaban J connectivity index is 1.61. The highest BCUT2D eigenvalue weighted by molar-refractivity contribution is 5.39. The largest absolute Gasteiger partial charge is 0.237 e. The van der Waals surface area contributed by atoms with Gasteiger partial charge in [-0.2, -0.15) is 0 Å². The van der Waals surface area contributed by atoms with Gasteiger partial charge in [0, 0.05) is 31.2 Å². The topological polar surface area (TPSA) is 25.8 Å². The van der Waals surface area contributed by atoms with E-state index in [0.717, 1.165) is 42.9 Å². The average molecular weight is 441 g/mol. The lowest BCUT2D eigenvalue weighted by atomic mass is 9.95. The van der Waals surface area contributed by atoms with E-state index in [1.165, 1.54) is 27.8 Å². The van der Waals surface area contributed by atoms with Crippen molar-refractivity contribution in [3.05, 3.63) is 166 Å². The third-order valence-corrected chi connectivity index (χ3v) is 6.08. The van der Waals surface area contributed by atoms with Crippen LogP contribution >= 0.6 is 0 Å². The molecule has 1 heterocycles. The first-order chi connectivity index (χ1) is 16.8. The second kappa shape index (κ2) is 10.7. The molecule has 4 aromatic carbocycles. The fourth-order valence-electron chi connectivity index (χ4n) is 4.37. The van der Waals surface area contributed by atoms with Crippen molar-refractivity contribution < 1.29 is 0 Å². The molecular formula is C32H28N2. The van der Waals surface area contributed by atoms with E-state index in [0.29, 0.717) is 0 Å². The van der Waals surface area contributed by atoms with Crippen molar-refractivity contribution in [3.63, 3.8) is 0 Å². The molecule has 0 fully saturated rings. The molecule has 0 amide bonds. The van der Waals surface area contributed by atoms with Gasteiger partial charge in [-0.3, -0.25) is 0 Å². The Kier molecular flexibility index (Phi) is 6.87. The maximum absolute atomic E-state index is 5.15. The molecule has 2 heteroatoms. The standard InChI is InChI=1S/C32H28N2/c1-5-13-25(14-6-1)21-29-30(22-26-15-7-2-8-16-26)33-32(24-28-19-11-4-12-20-28)34-31(29)23-27-17-9-3-10-18-27/h1-20H,21-24H2. The van der Waals surface area contributed by atoms with E-state index in [4.69, 9.17) is 9.97 Å². The predicted octanol–water partition coefficient (Wildman–Crippen LogP) is 6.84. The normalized spacial score (nSPS) is 10.8. The first kappa shape index (κ1) is 21.8. The second-order valence-corrected chi connectivity index (χ2v) is 8.66. The van der Waals surface area contributed by atoms with E-state index >= 15 is 0 Å². The minimum atomic E-state index is 0.732. The summed E-state index contributed by atoms with van der Waals surface area (Å²) in [5.41, 5.74) is 8.55. The van der Waals surface area contributed by atoms with Crippen LogP contribution in [0.1, 0.15) is 45.0 Å². The fourth-order valence-corrected chi connectivity index (χ4v) is 4.37. The van der Waals surface area contributed by atoms with Crippen molar-refractivity contribution in [1.82, 2.24) is 9.97 Å². The highest BCUT2D eigenvalue weighted by Crippen LogP contribution is 2.23. The molecular weight excluding hydrogens is 412 g/mol. The molecule has 5 rings (SSSR count). The van der Waals surface area contributed by atoms with Gasteiger partial charge in [-0.15, -0.1) is 0 Å². The van der Waals surface area contributed by atoms with Crippen LogP contribution in [0.5, 0.6) is 0 Å². The van der Waals surface area contributed by atoms with Gasteiger partial charge in [-0.25, -0.2) is 9.97 Å². The van der Waals surface area contributed by atoms with Crippen molar-refractivity contribution in [2.45, 2.75) is 25.7 Å². The molecule has 0 saturated carbocycles. The van der Waals surface area contributed by atoms with Gasteiger partial charge < -0.3 is 0 Å². The maximum Gasteiger partial charge on any atom is 0.133 e. The van der Waals surface area contributed by atoms with Gasteiger partial charge in [0.2, 0.25) is 0 Å². The van der Waals surface area contributed by atoms with Crippen LogP contribution in [-0.2, 0) is 25.7 Å². The van der Waals surface area contributed by atoms with E-state index in [2.05, 4.69) is 121 Å². The van der Waals surface area contributed by atoms with Gasteiger partial charge in [0.25, 0.3) is 0 Å². The van der Waals surface area contributed by atoms with Crippen molar-refractivity contribution >= 4 is 0 Å². The van der Waals surface area contributed by atoms with Gasteiger partial charge in [0.15, 0.2) is 0 Å². The van der Waals surface area contributed by atoms with E-state index in [1.54, 1.807) is 0 Å². The van der Waals surface area contributed by atoms with Crippen molar-refractivity contribution in [3.8, 4) is 0 Å². The molecule has 166 valence electrons. The van der Waals surface area contributed by atoms with Gasteiger partial charge in [-0.05, 0) is 22.3 Å². The molecule has 0 bridgehead atoms. The smallest absolute Gasteiger partial charge is 0.133 e. The molecule has 0 spiro atoms. The Morgan fingerprint density at radius 3 is 1.06 bits per heavy atom. The van der Waals surface area contributed by atoms with Crippen LogP contribution in [0.4, 0.5) is 0 Å². The number of aromatic nitrogens is 2. The Bertz CT molecular complexity index is 1250. The number of hydrogen-bond donors (Lipinski definition) is 0. The van der Waals surface area contributed by atoms with E-state index in [1.807, 2.05) is 0 Å². The Morgan fingerprint density at radius 2 is 0.676 bits per heavy atom. The molecule has 0 saturated heterocycles. The summed E-state index contributed by atoms with van der Waals surface area (Å²) in [5.74, 6) is 0.889. The summed E-state index contributed by atoms with van der Waals surface area (Å²) in [6, 6.07) is 42.4. The third kappa shape index (κ3) is 5.65. The number of nitrogens with zero attached hydrogens (tertiary/aromatic N) is 2. The Labute approximate surface area is 202 Å². The molecule has 2 nitrogen and oxygen atoms in total. The van der Waals surface area contributed by atoms with Crippen molar-refractivity contribution in [2.24, 2.45) is 0 Å². The number of rotatable bonds is 8. The molecule has 0 aliphatic rings. The van der Waals surface area contributed by atoms with E-state index < -0.39 is 0 Å². The lowest BCUT2D eigenvalue weighted by Gasteiger charge is -2.17. The van der Waals surface area contributed by atoms with Crippen LogP contribution < -0.4 is 0 Å². The van der Waals surface area contributed by atoms with E-state index in [9.17, 15) is 0 Å². The highest BCUT2D eigenvalue weighted by Gasteiger charge is 2.16. The van der Waals surface area contributed by atoms with Gasteiger partial charge >= 0.3 is 0 Å². The Morgan fingerprint density at radius 1 is 0.353 bits per heavy atom. The average Bonchev–Trinajstić information content (AvgIpc) is 2.88. The van der Waals surface area contributed by atoms with Crippen LogP contribution in [0.3, 0.4) is 0 Å². The number of hydrogen-bond acceptors (Lipinski definition) is 2. The van der Waals surface area contributed by atoms with Crippen LogP contribution in [-0.4, -0.2) is 9.97 Å². The fraction of sp³-hybridized carbons (Fsp3) is 0.125. The molecule has 5 aromatic rings. The third-order valence-electron chi connectivity index (χ3n) is 6.08. The number of benzene rings is 4. The minimum absolute atomic E-state index is 0.732. The first-order valence-electron chi connectivity index (χ1n) is 11.9. The highest BCUT2D eigenvalue weighted by atomic mass is 14.9. The zero-order valence-electron chi connectivity index (χ0n) is 19.3. The van der Waals surface area contributed by atoms with E-state index in [-0.39, 0.29) is 0 Å². The van der Waals surface area contributed by atoms with Gasteiger partial charge in [0.05, 0.1) is 11.4 Å². The second-order valence-electron chi connectivity index (χ2n) is 8.66. The van der Waals surface area contributed by atoms with Crippen LogP contribution in [0.25, 0.3) is 0 Å². The zero-order valence-corrected chi connectivity index (χ0v) is 19.3.